The normalized spacial score (nSPS) is 10.7. The predicted molar refractivity (Wildman–Crippen MR) is 83.1 cm³/mol. The molecule has 22 heavy (non-hydrogen) atoms. The van der Waals surface area contributed by atoms with Crippen molar-refractivity contribution in [3.63, 3.8) is 0 Å². The average Bonchev–Trinajstić information content (AvgIpc) is 2.82. The lowest BCUT2D eigenvalue weighted by Gasteiger charge is -2.04. The molecule has 3 aromatic rings. The maximum atomic E-state index is 11.1. The molecule has 3 rings (SSSR count). The molecule has 0 aliphatic rings. The number of amides is 1. The highest BCUT2D eigenvalue weighted by molar-refractivity contribution is 6.00. The number of primary amides is 1. The number of aromatic hydroxyl groups is 1. The van der Waals surface area contributed by atoms with Crippen LogP contribution in [0.4, 0.5) is 0 Å². The zero-order chi connectivity index (χ0) is 15.7. The Kier molecular flexibility index (Phi) is 3.39. The van der Waals surface area contributed by atoms with E-state index in [1.807, 2.05) is 30.3 Å². The monoisotopic (exact) mass is 294 g/mol. The summed E-state index contributed by atoms with van der Waals surface area (Å²) in [5, 5.41) is 10.4. The van der Waals surface area contributed by atoms with Crippen molar-refractivity contribution in [3.05, 3.63) is 64.7 Å². The SMILES string of the molecule is NC(=O)c1ccc(Cc2ccc3[nH]c(O)c(C=O)c3c2)cc1. The Morgan fingerprint density at radius 1 is 1.14 bits per heavy atom. The average molecular weight is 294 g/mol. The third kappa shape index (κ3) is 2.44. The Morgan fingerprint density at radius 3 is 2.45 bits per heavy atom. The maximum Gasteiger partial charge on any atom is 0.248 e. The number of hydrogen-bond donors (Lipinski definition) is 3. The summed E-state index contributed by atoms with van der Waals surface area (Å²) in [5.74, 6) is -0.570. The molecule has 0 atom stereocenters. The lowest BCUT2D eigenvalue weighted by atomic mass is 10.0. The summed E-state index contributed by atoms with van der Waals surface area (Å²) in [7, 11) is 0. The quantitative estimate of drug-likeness (QED) is 0.644. The van der Waals surface area contributed by atoms with Crippen LogP contribution < -0.4 is 5.73 Å². The van der Waals surface area contributed by atoms with E-state index >= 15 is 0 Å². The van der Waals surface area contributed by atoms with Crippen LogP contribution in [0.2, 0.25) is 0 Å². The third-order valence-corrected chi connectivity index (χ3v) is 3.65. The van der Waals surface area contributed by atoms with Crippen LogP contribution in [-0.4, -0.2) is 22.3 Å². The number of H-pyrrole nitrogens is 1. The van der Waals surface area contributed by atoms with Crippen molar-refractivity contribution in [1.82, 2.24) is 4.98 Å². The second-order valence-corrected chi connectivity index (χ2v) is 5.12. The van der Waals surface area contributed by atoms with Gasteiger partial charge in [-0.1, -0.05) is 18.2 Å². The largest absolute Gasteiger partial charge is 0.494 e. The molecule has 0 radical (unpaired) electrons. The fourth-order valence-corrected chi connectivity index (χ4v) is 2.50. The van der Waals surface area contributed by atoms with Crippen molar-refractivity contribution in [1.29, 1.82) is 0 Å². The summed E-state index contributed by atoms with van der Waals surface area (Å²) in [6, 6.07) is 12.7. The number of carbonyl (C=O) groups excluding carboxylic acids is 2. The summed E-state index contributed by atoms with van der Waals surface area (Å²) < 4.78 is 0. The molecule has 0 aliphatic carbocycles. The third-order valence-electron chi connectivity index (χ3n) is 3.65. The molecular weight excluding hydrogens is 280 g/mol. The van der Waals surface area contributed by atoms with Gasteiger partial charge in [0.2, 0.25) is 5.91 Å². The van der Waals surface area contributed by atoms with Gasteiger partial charge in [-0.15, -0.1) is 0 Å². The van der Waals surface area contributed by atoms with Gasteiger partial charge in [0.05, 0.1) is 5.56 Å². The van der Waals surface area contributed by atoms with Crippen molar-refractivity contribution in [3.8, 4) is 5.88 Å². The Labute approximate surface area is 126 Å². The van der Waals surface area contributed by atoms with Gasteiger partial charge in [-0.25, -0.2) is 0 Å². The van der Waals surface area contributed by atoms with Crippen LogP contribution in [-0.2, 0) is 6.42 Å². The minimum absolute atomic E-state index is 0.118. The molecule has 0 bridgehead atoms. The topological polar surface area (TPSA) is 96.2 Å². The number of fused-ring (bicyclic) bond motifs is 1. The van der Waals surface area contributed by atoms with E-state index in [1.165, 1.54) is 0 Å². The van der Waals surface area contributed by atoms with Crippen molar-refractivity contribution in [2.24, 2.45) is 5.73 Å². The van der Waals surface area contributed by atoms with E-state index in [2.05, 4.69) is 4.98 Å². The fourth-order valence-electron chi connectivity index (χ4n) is 2.50. The highest BCUT2D eigenvalue weighted by Gasteiger charge is 2.10. The van der Waals surface area contributed by atoms with E-state index in [9.17, 15) is 14.7 Å². The van der Waals surface area contributed by atoms with Crippen molar-refractivity contribution in [2.75, 3.05) is 0 Å². The standard InChI is InChI=1S/C17H14N2O3/c18-16(21)12-4-1-10(2-5-12)7-11-3-6-15-13(8-11)14(9-20)17(22)19-15/h1-6,8-9,19,22H,7H2,(H2,18,21). The minimum atomic E-state index is -0.452. The van der Waals surface area contributed by atoms with E-state index in [0.29, 0.717) is 29.2 Å². The second-order valence-electron chi connectivity index (χ2n) is 5.12. The zero-order valence-corrected chi connectivity index (χ0v) is 11.7. The smallest absolute Gasteiger partial charge is 0.248 e. The number of aromatic amines is 1. The predicted octanol–water partition coefficient (Wildman–Crippen LogP) is 2.38. The molecule has 0 unspecified atom stereocenters. The molecule has 0 aliphatic heterocycles. The van der Waals surface area contributed by atoms with Gasteiger partial charge in [0.25, 0.3) is 0 Å². The van der Waals surface area contributed by atoms with Gasteiger partial charge in [0.1, 0.15) is 0 Å². The molecule has 1 amide bonds. The van der Waals surface area contributed by atoms with Crippen molar-refractivity contribution >= 4 is 23.1 Å². The summed E-state index contributed by atoms with van der Waals surface area (Å²) in [6.07, 6.45) is 1.29. The summed E-state index contributed by atoms with van der Waals surface area (Å²) in [5.41, 5.74) is 8.69. The van der Waals surface area contributed by atoms with E-state index in [0.717, 1.165) is 11.1 Å². The highest BCUT2D eigenvalue weighted by atomic mass is 16.3. The van der Waals surface area contributed by atoms with Crippen LogP contribution in [0.1, 0.15) is 31.8 Å². The van der Waals surface area contributed by atoms with Gasteiger partial charge in [-0.3, -0.25) is 9.59 Å². The molecule has 1 heterocycles. The fraction of sp³-hybridized carbons (Fsp3) is 0.0588. The van der Waals surface area contributed by atoms with Crippen LogP contribution in [0.15, 0.2) is 42.5 Å². The first-order chi connectivity index (χ1) is 10.6. The number of rotatable bonds is 4. The molecule has 0 spiro atoms. The number of nitrogens with one attached hydrogen (secondary N) is 1. The first-order valence-corrected chi connectivity index (χ1v) is 6.76. The van der Waals surface area contributed by atoms with Crippen molar-refractivity contribution < 1.29 is 14.7 Å². The number of hydrogen-bond acceptors (Lipinski definition) is 3. The van der Waals surface area contributed by atoms with E-state index in [4.69, 9.17) is 5.73 Å². The van der Waals surface area contributed by atoms with E-state index in [1.54, 1.807) is 12.1 Å². The Hall–Kier alpha value is -3.08. The highest BCUT2D eigenvalue weighted by Crippen LogP contribution is 2.27. The Balaban J connectivity index is 1.93. The molecule has 5 nitrogen and oxygen atoms in total. The van der Waals surface area contributed by atoms with Gasteiger partial charge in [0, 0.05) is 16.5 Å². The van der Waals surface area contributed by atoms with Crippen LogP contribution >= 0.6 is 0 Å². The zero-order valence-electron chi connectivity index (χ0n) is 11.7. The molecule has 0 saturated heterocycles. The molecule has 0 saturated carbocycles. The number of aromatic nitrogens is 1. The van der Waals surface area contributed by atoms with Crippen molar-refractivity contribution in [2.45, 2.75) is 6.42 Å². The van der Waals surface area contributed by atoms with E-state index in [-0.39, 0.29) is 11.4 Å². The van der Waals surface area contributed by atoms with E-state index < -0.39 is 5.91 Å². The molecule has 0 fully saturated rings. The van der Waals surface area contributed by atoms with Crippen LogP contribution in [0.5, 0.6) is 5.88 Å². The molecule has 2 aromatic carbocycles. The summed E-state index contributed by atoms with van der Waals surface area (Å²) >= 11 is 0. The molecule has 110 valence electrons. The first kappa shape index (κ1) is 13.9. The molecule has 1 aromatic heterocycles. The molecule has 5 heteroatoms. The molecular formula is C17H14N2O3. The Bertz CT molecular complexity index is 863. The van der Waals surface area contributed by atoms with Gasteiger partial charge in [0.15, 0.2) is 12.2 Å². The summed E-state index contributed by atoms with van der Waals surface area (Å²) in [4.78, 5) is 24.9. The Morgan fingerprint density at radius 2 is 1.82 bits per heavy atom. The second kappa shape index (κ2) is 5.37. The van der Waals surface area contributed by atoms with Gasteiger partial charge in [-0.05, 0) is 41.8 Å². The van der Waals surface area contributed by atoms with Gasteiger partial charge < -0.3 is 15.8 Å². The number of nitrogens with two attached hydrogens (primary N) is 1. The van der Waals surface area contributed by atoms with Gasteiger partial charge in [-0.2, -0.15) is 0 Å². The first-order valence-electron chi connectivity index (χ1n) is 6.76. The number of aldehydes is 1. The summed E-state index contributed by atoms with van der Waals surface area (Å²) in [6.45, 7) is 0. The lowest BCUT2D eigenvalue weighted by Crippen LogP contribution is -2.10. The van der Waals surface area contributed by atoms with Crippen LogP contribution in [0, 0.1) is 0 Å². The van der Waals surface area contributed by atoms with Gasteiger partial charge >= 0.3 is 0 Å². The maximum absolute atomic E-state index is 11.1. The lowest BCUT2D eigenvalue weighted by molar-refractivity contribution is 0.0999. The number of carbonyl (C=O) groups is 2. The van der Waals surface area contributed by atoms with Crippen LogP contribution in [0.25, 0.3) is 10.9 Å². The minimum Gasteiger partial charge on any atom is -0.494 e. The molecule has 4 N–H and O–H groups in total. The number of benzene rings is 2. The van der Waals surface area contributed by atoms with Crippen LogP contribution in [0.3, 0.4) is 0 Å².